The zero-order valence-electron chi connectivity index (χ0n) is 18.6. The van der Waals surface area contributed by atoms with E-state index in [4.69, 9.17) is 16.3 Å². The lowest BCUT2D eigenvalue weighted by molar-refractivity contribution is -0.0884. The van der Waals surface area contributed by atoms with Crippen molar-refractivity contribution in [2.75, 3.05) is 6.54 Å². The third kappa shape index (κ3) is 4.68. The van der Waals surface area contributed by atoms with Crippen molar-refractivity contribution in [1.82, 2.24) is 9.47 Å². The molecule has 2 aromatic carbocycles. The van der Waals surface area contributed by atoms with Crippen molar-refractivity contribution in [3.8, 4) is 5.75 Å². The van der Waals surface area contributed by atoms with Crippen LogP contribution >= 0.6 is 11.6 Å². The van der Waals surface area contributed by atoms with Crippen LogP contribution in [0.1, 0.15) is 42.5 Å². The summed E-state index contributed by atoms with van der Waals surface area (Å²) in [7, 11) is 0. The quantitative estimate of drug-likeness (QED) is 0.354. The molecule has 0 saturated carbocycles. The smallest absolute Gasteiger partial charge is 0.454 e. The molecule has 0 amide bonds. The van der Waals surface area contributed by atoms with Crippen molar-refractivity contribution in [3.63, 3.8) is 0 Å². The van der Waals surface area contributed by atoms with Gasteiger partial charge in [-0.05, 0) is 62.4 Å². The number of aryl methyl sites for hydroxylation is 1. The summed E-state index contributed by atoms with van der Waals surface area (Å²) in [5, 5.41) is 1.04. The van der Waals surface area contributed by atoms with Crippen LogP contribution in [0.4, 0.5) is 13.2 Å². The lowest BCUT2D eigenvalue weighted by Gasteiger charge is -2.39. The Hall–Kier alpha value is -2.51. The van der Waals surface area contributed by atoms with Gasteiger partial charge in [-0.2, -0.15) is 13.2 Å². The van der Waals surface area contributed by atoms with Gasteiger partial charge in [-0.1, -0.05) is 29.8 Å². The highest BCUT2D eigenvalue weighted by molar-refractivity contribution is 6.30. The number of halogens is 4. The average Bonchev–Trinajstić information content (AvgIpc) is 3.28. The van der Waals surface area contributed by atoms with E-state index in [-0.39, 0.29) is 11.7 Å². The van der Waals surface area contributed by atoms with Gasteiger partial charge in [0.1, 0.15) is 11.9 Å². The third-order valence-corrected chi connectivity index (χ3v) is 7.32. The first-order chi connectivity index (χ1) is 16.3. The molecule has 2 fully saturated rings. The normalized spacial score (nSPS) is 22.9. The number of carbonyl (C=O) groups excluding carboxylic acids is 1. The molecular formula is C26H26ClF3N2O2. The van der Waals surface area contributed by atoms with Crippen LogP contribution in [0, 0.1) is 0 Å². The van der Waals surface area contributed by atoms with Crippen LogP contribution in [-0.2, 0) is 6.54 Å². The highest BCUT2D eigenvalue weighted by Crippen LogP contribution is 2.37. The van der Waals surface area contributed by atoms with Crippen molar-refractivity contribution < 1.29 is 22.7 Å². The SMILES string of the molecule is O=C(c1cn(CCCN2C3CCC2CC(Oc2ccc(Cl)cc2)C3)c2ccccc12)C(F)(F)F. The summed E-state index contributed by atoms with van der Waals surface area (Å²) in [6.45, 7) is 1.43. The maximum Gasteiger partial charge on any atom is 0.454 e. The van der Waals surface area contributed by atoms with E-state index in [0.717, 1.165) is 44.4 Å². The molecule has 0 N–H and O–H groups in total. The summed E-state index contributed by atoms with van der Waals surface area (Å²) in [6, 6.07) is 15.2. The zero-order chi connectivity index (χ0) is 23.9. The fourth-order valence-corrected chi connectivity index (χ4v) is 5.71. The molecule has 34 heavy (non-hydrogen) atoms. The molecule has 0 spiro atoms. The minimum absolute atomic E-state index is 0.180. The summed E-state index contributed by atoms with van der Waals surface area (Å²) in [4.78, 5) is 14.5. The number of alkyl halides is 3. The summed E-state index contributed by atoms with van der Waals surface area (Å²) in [5.74, 6) is -0.950. The first-order valence-electron chi connectivity index (χ1n) is 11.7. The van der Waals surface area contributed by atoms with Gasteiger partial charge in [0.2, 0.25) is 0 Å². The predicted molar refractivity (Wildman–Crippen MR) is 126 cm³/mol. The molecule has 0 radical (unpaired) electrons. The van der Waals surface area contributed by atoms with Gasteiger partial charge in [0, 0.05) is 47.3 Å². The number of piperidine rings is 1. The Morgan fingerprint density at radius 3 is 2.35 bits per heavy atom. The standard InChI is InChI=1S/C26H26ClF3N2O2/c27-17-6-10-20(11-7-17)34-21-14-18-8-9-19(15-21)32(18)13-3-12-31-16-23(25(33)26(28,29)30)22-4-1-2-5-24(22)31/h1-2,4-7,10-11,16,18-19,21H,3,8-9,12-15H2. The van der Waals surface area contributed by atoms with E-state index in [1.54, 1.807) is 28.8 Å². The fraction of sp³-hybridized carbons (Fsp3) is 0.423. The summed E-state index contributed by atoms with van der Waals surface area (Å²) >= 11 is 5.96. The molecule has 3 heterocycles. The number of rotatable bonds is 7. The number of ketones is 1. The lowest BCUT2D eigenvalue weighted by atomic mass is 9.99. The Labute approximate surface area is 201 Å². The largest absolute Gasteiger partial charge is 0.490 e. The molecule has 2 atom stereocenters. The average molecular weight is 491 g/mol. The third-order valence-electron chi connectivity index (χ3n) is 7.06. The number of carbonyl (C=O) groups is 1. The Balaban J connectivity index is 1.21. The molecule has 1 aromatic heterocycles. The zero-order valence-corrected chi connectivity index (χ0v) is 19.4. The maximum atomic E-state index is 13.1. The Morgan fingerprint density at radius 1 is 1.00 bits per heavy atom. The van der Waals surface area contributed by atoms with Gasteiger partial charge in [-0.25, -0.2) is 0 Å². The molecule has 2 aliphatic rings. The number of aromatic nitrogens is 1. The van der Waals surface area contributed by atoms with Crippen molar-refractivity contribution in [3.05, 3.63) is 65.3 Å². The molecule has 4 nitrogen and oxygen atoms in total. The van der Waals surface area contributed by atoms with Crippen LogP contribution in [0.25, 0.3) is 10.9 Å². The maximum absolute atomic E-state index is 13.1. The molecule has 3 aromatic rings. The highest BCUT2D eigenvalue weighted by atomic mass is 35.5. The second-order valence-corrected chi connectivity index (χ2v) is 9.66. The molecule has 180 valence electrons. The molecule has 0 aliphatic carbocycles. The predicted octanol–water partition coefficient (Wildman–Crippen LogP) is 6.50. The van der Waals surface area contributed by atoms with E-state index in [2.05, 4.69) is 4.90 Å². The molecule has 2 aliphatic heterocycles. The highest BCUT2D eigenvalue weighted by Gasteiger charge is 2.42. The summed E-state index contributed by atoms with van der Waals surface area (Å²) < 4.78 is 47.2. The van der Waals surface area contributed by atoms with Crippen molar-refractivity contribution in [1.29, 1.82) is 0 Å². The van der Waals surface area contributed by atoms with Gasteiger partial charge in [-0.15, -0.1) is 0 Å². The lowest BCUT2D eigenvalue weighted by Crippen LogP contribution is -2.46. The van der Waals surface area contributed by atoms with E-state index in [9.17, 15) is 18.0 Å². The van der Waals surface area contributed by atoms with Gasteiger partial charge in [0.05, 0.1) is 5.56 Å². The molecule has 2 saturated heterocycles. The number of Topliss-reactive ketones (excluding diaryl/α,β-unsaturated/α-hetero) is 1. The van der Waals surface area contributed by atoms with E-state index < -0.39 is 12.0 Å². The van der Waals surface area contributed by atoms with Gasteiger partial charge >= 0.3 is 6.18 Å². The Kier molecular flexibility index (Phi) is 6.34. The van der Waals surface area contributed by atoms with E-state index in [0.29, 0.717) is 34.6 Å². The van der Waals surface area contributed by atoms with Crippen LogP contribution in [0.3, 0.4) is 0 Å². The minimum Gasteiger partial charge on any atom is -0.490 e. The van der Waals surface area contributed by atoms with Crippen molar-refractivity contribution in [2.45, 2.75) is 63.0 Å². The topological polar surface area (TPSA) is 34.5 Å². The van der Waals surface area contributed by atoms with Gasteiger partial charge in [0.15, 0.2) is 0 Å². The number of hydrogen-bond acceptors (Lipinski definition) is 3. The molecule has 2 unspecified atom stereocenters. The molecule has 5 rings (SSSR count). The second-order valence-electron chi connectivity index (χ2n) is 9.22. The van der Waals surface area contributed by atoms with E-state index >= 15 is 0 Å². The summed E-state index contributed by atoms with van der Waals surface area (Å²) in [6.07, 6.45) is 1.68. The summed E-state index contributed by atoms with van der Waals surface area (Å²) in [5.41, 5.74) is 0.386. The first kappa shape index (κ1) is 23.2. The number of fused-ring (bicyclic) bond motifs is 3. The minimum atomic E-state index is -4.88. The van der Waals surface area contributed by atoms with Crippen LogP contribution in [0.5, 0.6) is 5.75 Å². The monoisotopic (exact) mass is 490 g/mol. The van der Waals surface area contributed by atoms with Crippen LogP contribution in [0.2, 0.25) is 5.02 Å². The van der Waals surface area contributed by atoms with Gasteiger partial charge < -0.3 is 9.30 Å². The molecular weight excluding hydrogens is 465 g/mol. The number of para-hydroxylation sites is 1. The van der Waals surface area contributed by atoms with Gasteiger partial charge in [0.25, 0.3) is 5.78 Å². The van der Waals surface area contributed by atoms with E-state index in [1.807, 2.05) is 24.3 Å². The van der Waals surface area contributed by atoms with E-state index in [1.165, 1.54) is 6.20 Å². The van der Waals surface area contributed by atoms with Crippen molar-refractivity contribution >= 4 is 28.3 Å². The fourth-order valence-electron chi connectivity index (χ4n) is 5.58. The molecule has 2 bridgehead atoms. The second kappa shape index (κ2) is 9.27. The number of ether oxygens (including phenoxy) is 1. The number of hydrogen-bond donors (Lipinski definition) is 0. The van der Waals surface area contributed by atoms with Crippen LogP contribution in [0.15, 0.2) is 54.7 Å². The number of nitrogens with zero attached hydrogens (tertiary/aromatic N) is 2. The van der Waals surface area contributed by atoms with Crippen LogP contribution in [-0.4, -0.2) is 46.2 Å². The van der Waals surface area contributed by atoms with Crippen LogP contribution < -0.4 is 4.74 Å². The molecule has 8 heteroatoms. The Bertz CT molecular complexity index is 1160. The number of benzene rings is 2. The van der Waals surface area contributed by atoms with Crippen molar-refractivity contribution in [2.24, 2.45) is 0 Å². The Morgan fingerprint density at radius 2 is 1.68 bits per heavy atom. The first-order valence-corrected chi connectivity index (χ1v) is 12.0. The van der Waals surface area contributed by atoms with Gasteiger partial charge in [-0.3, -0.25) is 9.69 Å².